The van der Waals surface area contributed by atoms with Crippen LogP contribution in [0.5, 0.6) is 0 Å². The SMILES string of the molecule is CCN(CC)C1CCN(C(=O)C2CCC(N)C(C)C2)C1. The summed E-state index contributed by atoms with van der Waals surface area (Å²) in [5.41, 5.74) is 6.06. The number of amides is 1. The van der Waals surface area contributed by atoms with Gasteiger partial charge in [-0.05, 0) is 44.7 Å². The molecule has 0 aromatic carbocycles. The van der Waals surface area contributed by atoms with Crippen molar-refractivity contribution in [2.75, 3.05) is 26.2 Å². The van der Waals surface area contributed by atoms with Crippen LogP contribution in [0.3, 0.4) is 0 Å². The van der Waals surface area contributed by atoms with Gasteiger partial charge in [0.15, 0.2) is 0 Å². The molecule has 1 amide bonds. The average molecular weight is 281 g/mol. The van der Waals surface area contributed by atoms with Crippen molar-refractivity contribution in [3.63, 3.8) is 0 Å². The largest absolute Gasteiger partial charge is 0.341 e. The first kappa shape index (κ1) is 15.8. The summed E-state index contributed by atoms with van der Waals surface area (Å²) in [5.74, 6) is 1.09. The van der Waals surface area contributed by atoms with Crippen molar-refractivity contribution in [1.82, 2.24) is 9.80 Å². The molecule has 4 nitrogen and oxygen atoms in total. The minimum absolute atomic E-state index is 0.222. The van der Waals surface area contributed by atoms with E-state index < -0.39 is 0 Å². The summed E-state index contributed by atoms with van der Waals surface area (Å²) >= 11 is 0. The van der Waals surface area contributed by atoms with Crippen LogP contribution in [-0.4, -0.2) is 54.0 Å². The van der Waals surface area contributed by atoms with Crippen LogP contribution in [0.4, 0.5) is 0 Å². The maximum Gasteiger partial charge on any atom is 0.225 e. The first-order chi connectivity index (χ1) is 9.56. The Morgan fingerprint density at radius 3 is 2.55 bits per heavy atom. The van der Waals surface area contributed by atoms with Crippen molar-refractivity contribution in [3.8, 4) is 0 Å². The summed E-state index contributed by atoms with van der Waals surface area (Å²) in [5, 5.41) is 0. The Morgan fingerprint density at radius 2 is 1.95 bits per heavy atom. The fourth-order valence-electron chi connectivity index (χ4n) is 3.88. The Hall–Kier alpha value is -0.610. The van der Waals surface area contributed by atoms with E-state index in [9.17, 15) is 4.79 Å². The summed E-state index contributed by atoms with van der Waals surface area (Å²) in [6.45, 7) is 10.6. The van der Waals surface area contributed by atoms with E-state index in [0.717, 1.165) is 51.9 Å². The molecule has 116 valence electrons. The molecule has 0 spiro atoms. The van der Waals surface area contributed by atoms with E-state index in [1.54, 1.807) is 0 Å². The van der Waals surface area contributed by atoms with Crippen LogP contribution in [0.2, 0.25) is 0 Å². The van der Waals surface area contributed by atoms with Gasteiger partial charge in [-0.15, -0.1) is 0 Å². The molecule has 4 atom stereocenters. The Labute approximate surface area is 123 Å². The molecule has 2 fully saturated rings. The van der Waals surface area contributed by atoms with E-state index in [1.807, 2.05) is 0 Å². The first-order valence-corrected chi connectivity index (χ1v) is 8.35. The molecular weight excluding hydrogens is 250 g/mol. The summed E-state index contributed by atoms with van der Waals surface area (Å²) < 4.78 is 0. The van der Waals surface area contributed by atoms with Crippen LogP contribution in [0, 0.1) is 11.8 Å². The minimum atomic E-state index is 0.222. The topological polar surface area (TPSA) is 49.6 Å². The van der Waals surface area contributed by atoms with E-state index in [1.165, 1.54) is 0 Å². The van der Waals surface area contributed by atoms with E-state index in [2.05, 4.69) is 30.6 Å². The minimum Gasteiger partial charge on any atom is -0.341 e. The van der Waals surface area contributed by atoms with Gasteiger partial charge in [0.05, 0.1) is 0 Å². The smallest absolute Gasteiger partial charge is 0.225 e. The van der Waals surface area contributed by atoms with Gasteiger partial charge < -0.3 is 10.6 Å². The molecule has 2 aliphatic rings. The zero-order valence-corrected chi connectivity index (χ0v) is 13.3. The number of likely N-dealkylation sites (N-methyl/N-ethyl adjacent to an activating group) is 1. The number of carbonyl (C=O) groups excluding carboxylic acids is 1. The zero-order chi connectivity index (χ0) is 14.7. The molecule has 0 bridgehead atoms. The molecule has 1 saturated heterocycles. The van der Waals surface area contributed by atoms with E-state index in [4.69, 9.17) is 5.73 Å². The predicted octanol–water partition coefficient (Wildman–Crippen LogP) is 1.69. The lowest BCUT2D eigenvalue weighted by molar-refractivity contribution is -0.136. The van der Waals surface area contributed by atoms with Crippen molar-refractivity contribution >= 4 is 5.91 Å². The lowest BCUT2D eigenvalue weighted by Gasteiger charge is -2.33. The molecular formula is C16H31N3O. The van der Waals surface area contributed by atoms with E-state index in [-0.39, 0.29) is 5.92 Å². The van der Waals surface area contributed by atoms with Gasteiger partial charge in [0.25, 0.3) is 0 Å². The lowest BCUT2D eigenvalue weighted by atomic mass is 9.79. The van der Waals surface area contributed by atoms with Gasteiger partial charge >= 0.3 is 0 Å². The van der Waals surface area contributed by atoms with E-state index in [0.29, 0.717) is 23.9 Å². The number of hydrogen-bond donors (Lipinski definition) is 1. The maximum absolute atomic E-state index is 12.7. The summed E-state index contributed by atoms with van der Waals surface area (Å²) in [4.78, 5) is 17.3. The second-order valence-electron chi connectivity index (χ2n) is 6.60. The van der Waals surface area contributed by atoms with Gasteiger partial charge in [0, 0.05) is 31.1 Å². The summed E-state index contributed by atoms with van der Waals surface area (Å²) in [7, 11) is 0. The van der Waals surface area contributed by atoms with Crippen LogP contribution < -0.4 is 5.73 Å². The predicted molar refractivity (Wildman–Crippen MR) is 82.4 cm³/mol. The molecule has 4 unspecified atom stereocenters. The van der Waals surface area contributed by atoms with Gasteiger partial charge in [-0.25, -0.2) is 0 Å². The fraction of sp³-hybridized carbons (Fsp3) is 0.938. The molecule has 1 saturated carbocycles. The number of carbonyl (C=O) groups is 1. The highest BCUT2D eigenvalue weighted by atomic mass is 16.2. The third-order valence-corrected chi connectivity index (χ3v) is 5.39. The van der Waals surface area contributed by atoms with Crippen LogP contribution in [0.15, 0.2) is 0 Å². The molecule has 1 aliphatic heterocycles. The monoisotopic (exact) mass is 281 g/mol. The van der Waals surface area contributed by atoms with Crippen LogP contribution in [-0.2, 0) is 4.79 Å². The standard InChI is InChI=1S/C16H31N3O/c1-4-18(5-2)14-8-9-19(11-14)16(20)13-6-7-15(17)12(3)10-13/h12-15H,4-11,17H2,1-3H3. The van der Waals surface area contributed by atoms with Crippen molar-refractivity contribution < 1.29 is 4.79 Å². The van der Waals surface area contributed by atoms with Gasteiger partial charge in [0.2, 0.25) is 5.91 Å². The van der Waals surface area contributed by atoms with Gasteiger partial charge in [-0.1, -0.05) is 20.8 Å². The summed E-state index contributed by atoms with van der Waals surface area (Å²) in [6, 6.07) is 0.860. The van der Waals surface area contributed by atoms with Crippen molar-refractivity contribution in [2.24, 2.45) is 17.6 Å². The molecule has 20 heavy (non-hydrogen) atoms. The van der Waals surface area contributed by atoms with Gasteiger partial charge in [-0.2, -0.15) is 0 Å². The third kappa shape index (κ3) is 3.34. The third-order valence-electron chi connectivity index (χ3n) is 5.39. The number of nitrogens with zero attached hydrogens (tertiary/aromatic N) is 2. The number of likely N-dealkylation sites (tertiary alicyclic amines) is 1. The first-order valence-electron chi connectivity index (χ1n) is 8.35. The second kappa shape index (κ2) is 6.90. The number of nitrogens with two attached hydrogens (primary N) is 1. The van der Waals surface area contributed by atoms with Crippen LogP contribution in [0.1, 0.15) is 46.5 Å². The fourth-order valence-corrected chi connectivity index (χ4v) is 3.88. The second-order valence-corrected chi connectivity index (χ2v) is 6.60. The van der Waals surface area contributed by atoms with E-state index >= 15 is 0 Å². The highest BCUT2D eigenvalue weighted by Gasteiger charge is 2.35. The Morgan fingerprint density at radius 1 is 1.25 bits per heavy atom. The van der Waals surface area contributed by atoms with Gasteiger partial charge in [0.1, 0.15) is 0 Å². The lowest BCUT2D eigenvalue weighted by Crippen LogP contribution is -2.43. The molecule has 0 radical (unpaired) electrons. The summed E-state index contributed by atoms with van der Waals surface area (Å²) in [6.07, 6.45) is 4.10. The van der Waals surface area contributed by atoms with Crippen LogP contribution >= 0.6 is 0 Å². The Kier molecular flexibility index (Phi) is 5.44. The molecule has 1 aliphatic carbocycles. The van der Waals surface area contributed by atoms with Crippen LogP contribution in [0.25, 0.3) is 0 Å². The Balaban J connectivity index is 1.88. The highest BCUT2D eigenvalue weighted by Crippen LogP contribution is 2.30. The van der Waals surface area contributed by atoms with Crippen molar-refractivity contribution in [3.05, 3.63) is 0 Å². The molecule has 0 aromatic rings. The zero-order valence-electron chi connectivity index (χ0n) is 13.3. The molecule has 2 N–H and O–H groups in total. The molecule has 1 heterocycles. The van der Waals surface area contributed by atoms with Gasteiger partial charge in [-0.3, -0.25) is 9.69 Å². The molecule has 0 aromatic heterocycles. The molecule has 2 rings (SSSR count). The van der Waals surface area contributed by atoms with Crippen molar-refractivity contribution in [2.45, 2.75) is 58.5 Å². The molecule has 4 heteroatoms. The highest BCUT2D eigenvalue weighted by molar-refractivity contribution is 5.79. The number of hydrogen-bond acceptors (Lipinski definition) is 3. The normalized spacial score (nSPS) is 34.8. The van der Waals surface area contributed by atoms with Crippen molar-refractivity contribution in [1.29, 1.82) is 0 Å². The quantitative estimate of drug-likeness (QED) is 0.853. The number of rotatable bonds is 4. The Bertz CT molecular complexity index is 330. The average Bonchev–Trinajstić information content (AvgIpc) is 2.92. The maximum atomic E-state index is 12.7.